The highest BCUT2D eigenvalue weighted by Gasteiger charge is 2.09. The molecule has 0 aliphatic carbocycles. The standard InChI is InChI=1S/C12H14N2O5/c13-8-4-7(12(18)19)5-9(6-8)14-10(15)2-1-3-11(16)17/h4-6H,1-3,13H2,(H,14,15)(H,16,17)(H,18,19). The topological polar surface area (TPSA) is 130 Å². The molecule has 0 fully saturated rings. The summed E-state index contributed by atoms with van der Waals surface area (Å²) in [4.78, 5) is 32.6. The number of hydrogen-bond donors (Lipinski definition) is 4. The molecule has 0 aromatic heterocycles. The van der Waals surface area contributed by atoms with E-state index in [0.717, 1.165) is 0 Å². The van der Waals surface area contributed by atoms with Crippen molar-refractivity contribution >= 4 is 29.2 Å². The molecule has 1 aromatic carbocycles. The number of anilines is 2. The SMILES string of the molecule is Nc1cc(NC(=O)CCCC(=O)O)cc(C(=O)O)c1. The molecule has 0 heterocycles. The molecule has 0 saturated carbocycles. The first kappa shape index (κ1) is 14.5. The zero-order valence-corrected chi connectivity index (χ0v) is 10.0. The van der Waals surface area contributed by atoms with Crippen molar-refractivity contribution in [2.75, 3.05) is 11.1 Å². The van der Waals surface area contributed by atoms with E-state index in [2.05, 4.69) is 5.32 Å². The molecule has 0 spiro atoms. The summed E-state index contributed by atoms with van der Waals surface area (Å²) in [6, 6.07) is 4.00. The molecule has 19 heavy (non-hydrogen) atoms. The predicted molar refractivity (Wildman–Crippen MR) is 67.9 cm³/mol. The molecule has 5 N–H and O–H groups in total. The summed E-state index contributed by atoms with van der Waals surface area (Å²) in [5, 5.41) is 19.7. The Balaban J connectivity index is 2.63. The third-order valence-electron chi connectivity index (χ3n) is 2.28. The molecule has 0 saturated heterocycles. The number of carboxylic acids is 2. The van der Waals surface area contributed by atoms with Gasteiger partial charge in [-0.25, -0.2) is 4.79 Å². The number of aliphatic carboxylic acids is 1. The number of hydrogen-bond acceptors (Lipinski definition) is 4. The summed E-state index contributed by atoms with van der Waals surface area (Å²) >= 11 is 0. The fourth-order valence-electron chi connectivity index (χ4n) is 1.47. The molecule has 7 heteroatoms. The predicted octanol–water partition coefficient (Wildman–Crippen LogP) is 1.16. The highest BCUT2D eigenvalue weighted by Crippen LogP contribution is 2.17. The fraction of sp³-hybridized carbons (Fsp3) is 0.250. The van der Waals surface area contributed by atoms with Crippen molar-refractivity contribution in [1.29, 1.82) is 0 Å². The van der Waals surface area contributed by atoms with Crippen LogP contribution in [0, 0.1) is 0 Å². The monoisotopic (exact) mass is 266 g/mol. The van der Waals surface area contributed by atoms with E-state index in [1.165, 1.54) is 18.2 Å². The van der Waals surface area contributed by atoms with E-state index in [1.807, 2.05) is 0 Å². The van der Waals surface area contributed by atoms with Gasteiger partial charge in [0.05, 0.1) is 5.56 Å². The van der Waals surface area contributed by atoms with E-state index in [4.69, 9.17) is 15.9 Å². The van der Waals surface area contributed by atoms with Crippen LogP contribution in [-0.2, 0) is 9.59 Å². The Morgan fingerprint density at radius 1 is 1.11 bits per heavy atom. The second-order valence-electron chi connectivity index (χ2n) is 3.94. The van der Waals surface area contributed by atoms with Crippen LogP contribution in [0.25, 0.3) is 0 Å². The van der Waals surface area contributed by atoms with Crippen LogP contribution in [0.5, 0.6) is 0 Å². The first-order valence-corrected chi connectivity index (χ1v) is 5.54. The van der Waals surface area contributed by atoms with Crippen molar-refractivity contribution in [2.24, 2.45) is 0 Å². The summed E-state index contributed by atoms with van der Waals surface area (Å²) < 4.78 is 0. The van der Waals surface area contributed by atoms with Crippen molar-refractivity contribution in [3.05, 3.63) is 23.8 Å². The maximum absolute atomic E-state index is 11.5. The van der Waals surface area contributed by atoms with Crippen LogP contribution >= 0.6 is 0 Å². The number of amides is 1. The Kier molecular flexibility index (Phi) is 4.87. The minimum absolute atomic E-state index is 0.0270. The molecule has 0 atom stereocenters. The van der Waals surface area contributed by atoms with Gasteiger partial charge >= 0.3 is 11.9 Å². The van der Waals surface area contributed by atoms with Gasteiger partial charge in [0.15, 0.2) is 0 Å². The third kappa shape index (κ3) is 5.07. The molecule has 1 aromatic rings. The van der Waals surface area contributed by atoms with Gasteiger partial charge in [0.1, 0.15) is 0 Å². The highest BCUT2D eigenvalue weighted by molar-refractivity contribution is 5.95. The number of nitrogens with one attached hydrogen (secondary N) is 1. The number of carbonyl (C=O) groups is 3. The molecule has 0 radical (unpaired) electrons. The summed E-state index contributed by atoms with van der Waals surface area (Å²) in [6.45, 7) is 0. The average Bonchev–Trinajstić information content (AvgIpc) is 2.27. The summed E-state index contributed by atoms with van der Waals surface area (Å²) in [6.07, 6.45) is 0.170. The molecule has 0 aliphatic rings. The summed E-state index contributed by atoms with van der Waals surface area (Å²) in [5.41, 5.74) is 5.99. The maximum atomic E-state index is 11.5. The largest absolute Gasteiger partial charge is 0.481 e. The number of aromatic carboxylic acids is 1. The molecule has 1 amide bonds. The molecule has 0 aliphatic heterocycles. The molecular formula is C12H14N2O5. The van der Waals surface area contributed by atoms with Crippen molar-refractivity contribution in [3.63, 3.8) is 0 Å². The van der Waals surface area contributed by atoms with Crippen LogP contribution in [0.1, 0.15) is 29.6 Å². The number of nitrogen functional groups attached to an aromatic ring is 1. The maximum Gasteiger partial charge on any atom is 0.335 e. The first-order valence-electron chi connectivity index (χ1n) is 5.54. The Labute approximate surface area is 109 Å². The van der Waals surface area contributed by atoms with E-state index in [0.29, 0.717) is 0 Å². The Bertz CT molecular complexity index is 513. The van der Waals surface area contributed by atoms with Gasteiger partial charge in [-0.1, -0.05) is 0 Å². The molecular weight excluding hydrogens is 252 g/mol. The fourth-order valence-corrected chi connectivity index (χ4v) is 1.47. The zero-order valence-electron chi connectivity index (χ0n) is 10.0. The van der Waals surface area contributed by atoms with E-state index < -0.39 is 11.9 Å². The van der Waals surface area contributed by atoms with E-state index in [-0.39, 0.29) is 42.1 Å². The summed E-state index contributed by atoms with van der Waals surface area (Å²) in [7, 11) is 0. The first-order chi connectivity index (χ1) is 8.88. The average molecular weight is 266 g/mol. The normalized spacial score (nSPS) is 9.89. The lowest BCUT2D eigenvalue weighted by Gasteiger charge is -2.07. The quantitative estimate of drug-likeness (QED) is 0.571. The molecule has 0 bridgehead atoms. The highest BCUT2D eigenvalue weighted by atomic mass is 16.4. The van der Waals surface area contributed by atoms with Crippen LogP contribution < -0.4 is 11.1 Å². The Hall–Kier alpha value is -2.57. The van der Waals surface area contributed by atoms with Crippen molar-refractivity contribution in [1.82, 2.24) is 0 Å². The Morgan fingerprint density at radius 2 is 1.79 bits per heavy atom. The Morgan fingerprint density at radius 3 is 2.37 bits per heavy atom. The van der Waals surface area contributed by atoms with Crippen LogP contribution in [-0.4, -0.2) is 28.1 Å². The number of carbonyl (C=O) groups excluding carboxylic acids is 1. The molecule has 7 nitrogen and oxygen atoms in total. The van der Waals surface area contributed by atoms with Gasteiger partial charge in [-0.3, -0.25) is 9.59 Å². The lowest BCUT2D eigenvalue weighted by Crippen LogP contribution is -2.13. The van der Waals surface area contributed by atoms with Crippen LogP contribution in [0.2, 0.25) is 0 Å². The molecule has 102 valence electrons. The smallest absolute Gasteiger partial charge is 0.335 e. The number of benzene rings is 1. The van der Waals surface area contributed by atoms with Crippen molar-refractivity contribution < 1.29 is 24.6 Å². The summed E-state index contributed by atoms with van der Waals surface area (Å²) in [5.74, 6) is -2.50. The van der Waals surface area contributed by atoms with Crippen LogP contribution in [0.4, 0.5) is 11.4 Å². The van der Waals surface area contributed by atoms with Crippen molar-refractivity contribution in [3.8, 4) is 0 Å². The minimum Gasteiger partial charge on any atom is -0.481 e. The number of nitrogens with two attached hydrogens (primary N) is 1. The number of rotatable bonds is 6. The second-order valence-corrected chi connectivity index (χ2v) is 3.94. The molecule has 0 unspecified atom stereocenters. The minimum atomic E-state index is -1.14. The second kappa shape index (κ2) is 6.39. The van der Waals surface area contributed by atoms with Gasteiger partial charge in [-0.15, -0.1) is 0 Å². The van der Waals surface area contributed by atoms with Gasteiger partial charge in [0.2, 0.25) is 5.91 Å². The van der Waals surface area contributed by atoms with Gasteiger partial charge < -0.3 is 21.3 Å². The van der Waals surface area contributed by atoms with Crippen LogP contribution in [0.15, 0.2) is 18.2 Å². The molecule has 1 rings (SSSR count). The van der Waals surface area contributed by atoms with Gasteiger partial charge in [-0.05, 0) is 24.6 Å². The van der Waals surface area contributed by atoms with Crippen molar-refractivity contribution in [2.45, 2.75) is 19.3 Å². The van der Waals surface area contributed by atoms with E-state index >= 15 is 0 Å². The number of carboxylic acid groups (broad SMARTS) is 2. The van der Waals surface area contributed by atoms with E-state index in [1.54, 1.807) is 0 Å². The lowest BCUT2D eigenvalue weighted by molar-refractivity contribution is -0.137. The van der Waals surface area contributed by atoms with Gasteiger partial charge in [-0.2, -0.15) is 0 Å². The third-order valence-corrected chi connectivity index (χ3v) is 2.28. The lowest BCUT2D eigenvalue weighted by atomic mass is 10.1. The van der Waals surface area contributed by atoms with Crippen LogP contribution in [0.3, 0.4) is 0 Å². The van der Waals surface area contributed by atoms with E-state index in [9.17, 15) is 14.4 Å². The van der Waals surface area contributed by atoms with Gasteiger partial charge in [0, 0.05) is 24.2 Å². The zero-order chi connectivity index (χ0) is 14.4. The van der Waals surface area contributed by atoms with Gasteiger partial charge in [0.25, 0.3) is 0 Å².